The Balaban J connectivity index is 1.31. The van der Waals surface area contributed by atoms with Crippen LogP contribution in [-0.4, -0.2) is 57.0 Å². The van der Waals surface area contributed by atoms with Gasteiger partial charge in [0, 0.05) is 35.9 Å². The van der Waals surface area contributed by atoms with Gasteiger partial charge in [-0.15, -0.1) is 0 Å². The van der Waals surface area contributed by atoms with Gasteiger partial charge in [-0.05, 0) is 99.8 Å². The first-order chi connectivity index (χ1) is 21.5. The highest BCUT2D eigenvalue weighted by Crippen LogP contribution is 2.19. The summed E-state index contributed by atoms with van der Waals surface area (Å²) in [5, 5.41) is 7.20. The molecule has 4 rings (SSSR count). The van der Waals surface area contributed by atoms with Crippen LogP contribution in [0.4, 0.5) is 0 Å². The Morgan fingerprint density at radius 2 is 1.18 bits per heavy atom. The minimum Gasteiger partial charge on any atom is -0.418 e. The lowest BCUT2D eigenvalue weighted by atomic mass is 10.0. The van der Waals surface area contributed by atoms with E-state index >= 15 is 0 Å². The molecule has 2 atom stereocenters. The number of nitrogens with one attached hydrogen (secondary N) is 4. The highest BCUT2D eigenvalue weighted by molar-refractivity contribution is 6.31. The van der Waals surface area contributed by atoms with Gasteiger partial charge in [0.2, 0.25) is 0 Å². The van der Waals surface area contributed by atoms with Crippen LogP contribution in [-0.2, 0) is 35.3 Å². The van der Waals surface area contributed by atoms with E-state index in [1.54, 1.807) is 36.9 Å². The molecule has 0 radical (unpaired) electrons. The number of aryl methyl sites for hydroxylation is 2. The lowest BCUT2D eigenvalue weighted by Gasteiger charge is -2.19. The number of hydrogen-bond donors (Lipinski definition) is 4. The standard InChI is InChI=1S/C34H44N6O4/c1-3-15-37-27(11-13-29-21-35-23-39-29)17-25-7-5-9-31(19-25)43-33(41)34(42)44-32-10-6-8-26(20-32)18-28(38-16-4-2)12-14-30-22-36-24-40-30/h5-10,19-24,27-28,37-38H,3-4,11-18H2,1-2H3,(H,35,39)(H,36,40). The maximum absolute atomic E-state index is 12.7. The van der Waals surface area contributed by atoms with Gasteiger partial charge in [-0.3, -0.25) is 0 Å². The lowest BCUT2D eigenvalue weighted by molar-refractivity contribution is -0.156. The smallest absolute Gasteiger partial charge is 0.418 e. The maximum Gasteiger partial charge on any atom is 0.423 e. The molecule has 2 unspecified atom stereocenters. The minimum atomic E-state index is -1.06. The molecule has 2 aromatic carbocycles. The molecule has 4 N–H and O–H groups in total. The van der Waals surface area contributed by atoms with Crippen molar-refractivity contribution in [2.75, 3.05) is 13.1 Å². The van der Waals surface area contributed by atoms with Crippen LogP contribution >= 0.6 is 0 Å². The number of H-pyrrole nitrogens is 2. The van der Waals surface area contributed by atoms with Gasteiger partial charge < -0.3 is 30.1 Å². The molecule has 2 heterocycles. The average molecular weight is 601 g/mol. The van der Waals surface area contributed by atoms with Crippen molar-refractivity contribution in [2.24, 2.45) is 0 Å². The molecule has 10 nitrogen and oxygen atoms in total. The van der Waals surface area contributed by atoms with E-state index in [2.05, 4.69) is 44.4 Å². The topological polar surface area (TPSA) is 134 Å². The molecule has 0 aliphatic carbocycles. The van der Waals surface area contributed by atoms with Crippen LogP contribution < -0.4 is 20.1 Å². The first-order valence-electron chi connectivity index (χ1n) is 15.6. The Hall–Kier alpha value is -4.28. The van der Waals surface area contributed by atoms with Crippen molar-refractivity contribution in [3.8, 4) is 11.5 Å². The van der Waals surface area contributed by atoms with Gasteiger partial charge in [-0.2, -0.15) is 0 Å². The Bertz CT molecular complexity index is 1300. The van der Waals surface area contributed by atoms with E-state index in [0.717, 1.165) is 87.0 Å². The van der Waals surface area contributed by atoms with Crippen molar-refractivity contribution in [3.63, 3.8) is 0 Å². The number of carbonyl (C=O) groups excluding carboxylic acids is 2. The zero-order chi connectivity index (χ0) is 31.0. The molecule has 44 heavy (non-hydrogen) atoms. The molecule has 234 valence electrons. The van der Waals surface area contributed by atoms with Crippen molar-refractivity contribution in [3.05, 3.63) is 96.1 Å². The van der Waals surface area contributed by atoms with Gasteiger partial charge in [-0.1, -0.05) is 38.1 Å². The zero-order valence-electron chi connectivity index (χ0n) is 25.7. The quantitative estimate of drug-likeness (QED) is 0.0732. The Kier molecular flexibility index (Phi) is 13.2. The second-order valence-corrected chi connectivity index (χ2v) is 11.0. The second-order valence-electron chi connectivity index (χ2n) is 11.0. The molecule has 0 bridgehead atoms. The number of esters is 2. The third kappa shape index (κ3) is 11.1. The van der Waals surface area contributed by atoms with E-state index in [1.807, 2.05) is 36.7 Å². The van der Waals surface area contributed by atoms with Gasteiger partial charge in [0.1, 0.15) is 11.5 Å². The number of aromatic amines is 2. The normalized spacial score (nSPS) is 12.5. The molecule has 4 aromatic rings. The van der Waals surface area contributed by atoms with E-state index in [9.17, 15) is 9.59 Å². The third-order valence-electron chi connectivity index (χ3n) is 7.35. The molecular weight excluding hydrogens is 556 g/mol. The number of rotatable bonds is 18. The van der Waals surface area contributed by atoms with E-state index in [0.29, 0.717) is 11.5 Å². The van der Waals surface area contributed by atoms with Crippen LogP contribution in [0.25, 0.3) is 0 Å². The molecule has 0 saturated heterocycles. The van der Waals surface area contributed by atoms with Crippen LogP contribution in [0.2, 0.25) is 0 Å². The fourth-order valence-electron chi connectivity index (χ4n) is 5.09. The maximum atomic E-state index is 12.7. The summed E-state index contributed by atoms with van der Waals surface area (Å²) in [6.45, 7) is 6.10. The fraction of sp³-hybridized carbons (Fsp3) is 0.412. The molecule has 0 amide bonds. The van der Waals surface area contributed by atoms with Crippen LogP contribution in [0, 0.1) is 0 Å². The van der Waals surface area contributed by atoms with Crippen molar-refractivity contribution in [1.82, 2.24) is 30.6 Å². The number of ether oxygens (including phenoxy) is 2. The summed E-state index contributed by atoms with van der Waals surface area (Å²) in [5.41, 5.74) is 4.21. The predicted molar refractivity (Wildman–Crippen MR) is 170 cm³/mol. The predicted octanol–water partition coefficient (Wildman–Crippen LogP) is 4.73. The lowest BCUT2D eigenvalue weighted by Crippen LogP contribution is -2.32. The summed E-state index contributed by atoms with van der Waals surface area (Å²) in [4.78, 5) is 39.8. The first-order valence-corrected chi connectivity index (χ1v) is 15.6. The Morgan fingerprint density at radius 1 is 0.727 bits per heavy atom. The highest BCUT2D eigenvalue weighted by atomic mass is 16.6. The van der Waals surface area contributed by atoms with Crippen molar-refractivity contribution < 1.29 is 19.1 Å². The van der Waals surface area contributed by atoms with E-state index in [-0.39, 0.29) is 12.1 Å². The molecule has 0 saturated carbocycles. The zero-order valence-corrected chi connectivity index (χ0v) is 25.7. The summed E-state index contributed by atoms with van der Waals surface area (Å²) in [5.74, 6) is -1.50. The number of aromatic nitrogens is 4. The number of benzene rings is 2. The van der Waals surface area contributed by atoms with Gasteiger partial charge in [-0.25, -0.2) is 19.6 Å². The third-order valence-corrected chi connectivity index (χ3v) is 7.35. The van der Waals surface area contributed by atoms with Crippen LogP contribution in [0.5, 0.6) is 11.5 Å². The van der Waals surface area contributed by atoms with Gasteiger partial charge in [0.25, 0.3) is 0 Å². The van der Waals surface area contributed by atoms with E-state index in [4.69, 9.17) is 9.47 Å². The number of carbonyl (C=O) groups is 2. The van der Waals surface area contributed by atoms with Gasteiger partial charge in [0.15, 0.2) is 0 Å². The summed E-state index contributed by atoms with van der Waals surface area (Å²) in [6, 6.07) is 15.1. The Morgan fingerprint density at radius 3 is 1.57 bits per heavy atom. The van der Waals surface area contributed by atoms with Crippen LogP contribution in [0.1, 0.15) is 62.0 Å². The Labute approximate surface area is 259 Å². The van der Waals surface area contributed by atoms with Crippen LogP contribution in [0.3, 0.4) is 0 Å². The fourth-order valence-corrected chi connectivity index (χ4v) is 5.09. The summed E-state index contributed by atoms with van der Waals surface area (Å²) in [7, 11) is 0. The van der Waals surface area contributed by atoms with Crippen molar-refractivity contribution in [2.45, 2.75) is 77.3 Å². The first kappa shape index (κ1) is 32.6. The summed E-state index contributed by atoms with van der Waals surface area (Å²) in [6.07, 6.45) is 14.3. The monoisotopic (exact) mass is 600 g/mol. The number of hydrogen-bond acceptors (Lipinski definition) is 8. The molecule has 10 heteroatoms. The minimum absolute atomic E-state index is 0.240. The van der Waals surface area contributed by atoms with E-state index in [1.165, 1.54) is 0 Å². The highest BCUT2D eigenvalue weighted by Gasteiger charge is 2.20. The molecule has 2 aromatic heterocycles. The summed E-state index contributed by atoms with van der Waals surface area (Å²) >= 11 is 0. The molecule has 0 spiro atoms. The van der Waals surface area contributed by atoms with E-state index < -0.39 is 11.9 Å². The van der Waals surface area contributed by atoms with Crippen LogP contribution in [0.15, 0.2) is 73.6 Å². The summed E-state index contributed by atoms with van der Waals surface area (Å²) < 4.78 is 10.8. The van der Waals surface area contributed by atoms with Crippen molar-refractivity contribution in [1.29, 1.82) is 0 Å². The van der Waals surface area contributed by atoms with Gasteiger partial charge >= 0.3 is 11.9 Å². The molecule has 0 aliphatic heterocycles. The SMILES string of the molecule is CCCNC(CCc1cnc[nH]1)Cc1cccc(OC(=O)C(=O)Oc2cccc(CC(CCc3cnc[nH]3)NCCC)c2)c1. The number of imidazole rings is 2. The molecule has 0 aliphatic rings. The van der Waals surface area contributed by atoms with Gasteiger partial charge in [0.05, 0.1) is 12.7 Å². The largest absolute Gasteiger partial charge is 0.423 e. The average Bonchev–Trinajstić information content (AvgIpc) is 3.75. The second kappa shape index (κ2) is 17.7. The molecule has 0 fully saturated rings. The number of nitrogens with zero attached hydrogens (tertiary/aromatic N) is 2. The molecular formula is C34H44N6O4. The van der Waals surface area contributed by atoms with Crippen molar-refractivity contribution >= 4 is 11.9 Å².